The van der Waals surface area contributed by atoms with E-state index in [1.165, 1.54) is 0 Å². The van der Waals surface area contributed by atoms with Crippen LogP contribution in [0, 0.1) is 0 Å². The monoisotopic (exact) mass is 280 g/mol. The Morgan fingerprint density at radius 3 is 2.62 bits per heavy atom. The predicted octanol–water partition coefficient (Wildman–Crippen LogP) is 2.88. The van der Waals surface area contributed by atoms with Crippen LogP contribution in [0.5, 0.6) is 0 Å². The van der Waals surface area contributed by atoms with E-state index in [-0.39, 0.29) is 6.03 Å². The molecule has 0 heterocycles. The highest BCUT2D eigenvalue weighted by molar-refractivity contribution is 9.10. The first-order chi connectivity index (χ1) is 7.74. The van der Waals surface area contributed by atoms with Gasteiger partial charge in [0.1, 0.15) is 0 Å². The zero-order chi connectivity index (χ0) is 11.4. The lowest BCUT2D eigenvalue weighted by atomic mass is 10.2. The SMILES string of the molecule is O=C(N/C=C/c1ccc(Br)cc1)NC1CC1. The fourth-order valence-electron chi connectivity index (χ4n) is 1.24. The van der Waals surface area contributed by atoms with Gasteiger partial charge in [-0.15, -0.1) is 0 Å². The number of hydrogen-bond acceptors (Lipinski definition) is 1. The number of benzene rings is 1. The molecule has 1 aromatic carbocycles. The third-order valence-corrected chi connectivity index (χ3v) is 2.80. The van der Waals surface area contributed by atoms with Gasteiger partial charge in [0.25, 0.3) is 0 Å². The number of urea groups is 1. The predicted molar refractivity (Wildman–Crippen MR) is 67.9 cm³/mol. The van der Waals surface area contributed by atoms with Gasteiger partial charge in [-0.05, 0) is 36.6 Å². The van der Waals surface area contributed by atoms with Gasteiger partial charge >= 0.3 is 6.03 Å². The minimum absolute atomic E-state index is 0.129. The highest BCUT2D eigenvalue weighted by Crippen LogP contribution is 2.18. The van der Waals surface area contributed by atoms with E-state index >= 15 is 0 Å². The number of amides is 2. The molecule has 1 saturated carbocycles. The Balaban J connectivity index is 1.79. The van der Waals surface area contributed by atoms with Crippen LogP contribution in [-0.4, -0.2) is 12.1 Å². The summed E-state index contributed by atoms with van der Waals surface area (Å²) in [6, 6.07) is 8.13. The van der Waals surface area contributed by atoms with Crippen molar-refractivity contribution in [2.45, 2.75) is 18.9 Å². The Labute approximate surface area is 103 Å². The summed E-state index contributed by atoms with van der Waals surface area (Å²) in [6.07, 6.45) is 5.72. The highest BCUT2D eigenvalue weighted by atomic mass is 79.9. The Morgan fingerprint density at radius 2 is 2.00 bits per heavy atom. The number of hydrogen-bond donors (Lipinski definition) is 2. The lowest BCUT2D eigenvalue weighted by Crippen LogP contribution is -2.33. The van der Waals surface area contributed by atoms with Gasteiger partial charge in [-0.3, -0.25) is 0 Å². The van der Waals surface area contributed by atoms with Crippen molar-refractivity contribution in [1.82, 2.24) is 10.6 Å². The number of carbonyl (C=O) groups is 1. The van der Waals surface area contributed by atoms with Crippen LogP contribution in [0.3, 0.4) is 0 Å². The van der Waals surface area contributed by atoms with E-state index in [0.29, 0.717) is 6.04 Å². The molecular weight excluding hydrogens is 268 g/mol. The second-order valence-electron chi connectivity index (χ2n) is 3.78. The minimum atomic E-state index is -0.129. The van der Waals surface area contributed by atoms with Gasteiger partial charge in [-0.25, -0.2) is 4.79 Å². The largest absolute Gasteiger partial charge is 0.335 e. The van der Waals surface area contributed by atoms with Crippen LogP contribution in [0.1, 0.15) is 18.4 Å². The quantitative estimate of drug-likeness (QED) is 0.878. The van der Waals surface area contributed by atoms with Crippen molar-refractivity contribution in [1.29, 1.82) is 0 Å². The Hall–Kier alpha value is -1.29. The number of nitrogens with one attached hydrogen (secondary N) is 2. The van der Waals surface area contributed by atoms with Gasteiger partial charge in [0, 0.05) is 16.7 Å². The first-order valence-corrected chi connectivity index (χ1v) is 6.02. The molecule has 0 radical (unpaired) electrons. The molecule has 0 aliphatic heterocycles. The number of rotatable bonds is 3. The highest BCUT2D eigenvalue weighted by Gasteiger charge is 2.22. The summed E-state index contributed by atoms with van der Waals surface area (Å²) in [5, 5.41) is 5.52. The molecule has 1 aliphatic rings. The van der Waals surface area contributed by atoms with Crippen molar-refractivity contribution in [3.8, 4) is 0 Å². The van der Waals surface area contributed by atoms with E-state index in [9.17, 15) is 4.79 Å². The maximum atomic E-state index is 11.3. The third kappa shape index (κ3) is 3.70. The van der Waals surface area contributed by atoms with E-state index in [1.54, 1.807) is 6.20 Å². The maximum Gasteiger partial charge on any atom is 0.318 e. The zero-order valence-corrected chi connectivity index (χ0v) is 10.3. The molecule has 84 valence electrons. The van der Waals surface area contributed by atoms with Crippen LogP contribution in [0.25, 0.3) is 6.08 Å². The van der Waals surface area contributed by atoms with Crippen molar-refractivity contribution in [3.63, 3.8) is 0 Å². The molecule has 1 fully saturated rings. The summed E-state index contributed by atoms with van der Waals surface area (Å²) in [4.78, 5) is 11.3. The molecule has 2 rings (SSSR count). The molecule has 3 nitrogen and oxygen atoms in total. The van der Waals surface area contributed by atoms with Crippen molar-refractivity contribution >= 4 is 28.0 Å². The van der Waals surface area contributed by atoms with Crippen LogP contribution in [0.2, 0.25) is 0 Å². The zero-order valence-electron chi connectivity index (χ0n) is 8.74. The van der Waals surface area contributed by atoms with Gasteiger partial charge in [0.15, 0.2) is 0 Å². The summed E-state index contributed by atoms with van der Waals surface area (Å²) in [5.74, 6) is 0. The van der Waals surface area contributed by atoms with E-state index in [2.05, 4.69) is 26.6 Å². The second kappa shape index (κ2) is 5.16. The summed E-state index contributed by atoms with van der Waals surface area (Å²) in [5.41, 5.74) is 1.05. The fraction of sp³-hybridized carbons (Fsp3) is 0.250. The molecule has 16 heavy (non-hydrogen) atoms. The third-order valence-electron chi connectivity index (χ3n) is 2.27. The summed E-state index contributed by atoms with van der Waals surface area (Å²) in [7, 11) is 0. The van der Waals surface area contributed by atoms with Crippen LogP contribution >= 0.6 is 15.9 Å². The Kier molecular flexibility index (Phi) is 3.62. The lowest BCUT2D eigenvalue weighted by Gasteiger charge is -2.01. The van der Waals surface area contributed by atoms with E-state index in [0.717, 1.165) is 22.9 Å². The van der Waals surface area contributed by atoms with Crippen LogP contribution in [0.15, 0.2) is 34.9 Å². The first-order valence-electron chi connectivity index (χ1n) is 5.23. The summed E-state index contributed by atoms with van der Waals surface area (Å²) >= 11 is 3.37. The molecule has 0 unspecified atom stereocenters. The molecule has 0 saturated heterocycles. The van der Waals surface area contributed by atoms with Crippen molar-refractivity contribution in [2.75, 3.05) is 0 Å². The first kappa shape index (κ1) is 11.2. The molecule has 2 N–H and O–H groups in total. The molecular formula is C12H13BrN2O. The standard InChI is InChI=1S/C12H13BrN2O/c13-10-3-1-9(2-4-10)7-8-14-12(16)15-11-5-6-11/h1-4,7-8,11H,5-6H2,(H2,14,15,16)/b8-7+. The van der Waals surface area contributed by atoms with Gasteiger partial charge < -0.3 is 10.6 Å². The van der Waals surface area contributed by atoms with Crippen molar-refractivity contribution in [2.24, 2.45) is 0 Å². The van der Waals surface area contributed by atoms with Gasteiger partial charge in [0.05, 0.1) is 0 Å². The maximum absolute atomic E-state index is 11.3. The van der Waals surface area contributed by atoms with E-state index < -0.39 is 0 Å². The van der Waals surface area contributed by atoms with Crippen molar-refractivity contribution < 1.29 is 4.79 Å². The molecule has 0 aromatic heterocycles. The molecule has 0 bridgehead atoms. The molecule has 1 aromatic rings. The van der Waals surface area contributed by atoms with Gasteiger partial charge in [0.2, 0.25) is 0 Å². The topological polar surface area (TPSA) is 41.1 Å². The van der Waals surface area contributed by atoms with Crippen molar-refractivity contribution in [3.05, 3.63) is 40.5 Å². The minimum Gasteiger partial charge on any atom is -0.335 e. The number of halogens is 1. The Morgan fingerprint density at radius 1 is 1.31 bits per heavy atom. The van der Waals surface area contributed by atoms with Crippen LogP contribution in [0.4, 0.5) is 4.79 Å². The average Bonchev–Trinajstić information content (AvgIpc) is 3.05. The summed E-state index contributed by atoms with van der Waals surface area (Å²) in [6.45, 7) is 0. The second-order valence-corrected chi connectivity index (χ2v) is 4.69. The smallest absolute Gasteiger partial charge is 0.318 e. The Bertz CT molecular complexity index is 396. The molecule has 0 atom stereocenters. The van der Waals surface area contributed by atoms with Gasteiger partial charge in [-0.1, -0.05) is 28.1 Å². The van der Waals surface area contributed by atoms with Gasteiger partial charge in [-0.2, -0.15) is 0 Å². The molecule has 4 heteroatoms. The molecule has 2 amide bonds. The fourth-order valence-corrected chi connectivity index (χ4v) is 1.51. The van der Waals surface area contributed by atoms with Crippen LogP contribution in [-0.2, 0) is 0 Å². The molecule has 0 spiro atoms. The average molecular weight is 281 g/mol. The normalized spacial score (nSPS) is 15.1. The summed E-state index contributed by atoms with van der Waals surface area (Å²) < 4.78 is 1.05. The number of carbonyl (C=O) groups excluding carboxylic acids is 1. The lowest BCUT2D eigenvalue weighted by molar-refractivity contribution is 0.244. The van der Waals surface area contributed by atoms with Crippen LogP contribution < -0.4 is 10.6 Å². The van der Waals surface area contributed by atoms with E-state index in [1.807, 2.05) is 30.3 Å². The van der Waals surface area contributed by atoms with E-state index in [4.69, 9.17) is 0 Å². The molecule has 1 aliphatic carbocycles.